The second-order valence-corrected chi connectivity index (χ2v) is 1.42. The molecule has 0 unspecified atom stereocenters. The Bertz CT molecular complexity index is 55.7. The van der Waals surface area contributed by atoms with E-state index in [9.17, 15) is 0 Å². The van der Waals surface area contributed by atoms with Crippen molar-refractivity contribution in [2.75, 3.05) is 19.4 Å². The Kier molecular flexibility index (Phi) is 5.67. The summed E-state index contributed by atoms with van der Waals surface area (Å²) in [5.74, 6) is 0.778. The highest BCUT2D eigenvalue weighted by Gasteiger charge is 1.68. The quantitative estimate of drug-likeness (QED) is 0.328. The van der Waals surface area contributed by atoms with Crippen LogP contribution in [0.2, 0.25) is 0 Å². The zero-order chi connectivity index (χ0) is 5.54. The first-order valence-corrected chi connectivity index (χ1v) is 2.67. The molecule has 0 aliphatic heterocycles. The third-order valence-corrected chi connectivity index (χ3v) is 0.609. The molecule has 0 saturated heterocycles. The lowest BCUT2D eigenvalue weighted by Gasteiger charge is -1.83. The van der Waals surface area contributed by atoms with E-state index < -0.39 is 0 Å². The maximum atomic E-state index is 4.52. The summed E-state index contributed by atoms with van der Waals surface area (Å²) >= 11 is 3.92. The van der Waals surface area contributed by atoms with Crippen molar-refractivity contribution in [3.63, 3.8) is 0 Å². The van der Waals surface area contributed by atoms with E-state index in [1.165, 1.54) is 6.40 Å². The van der Waals surface area contributed by atoms with E-state index in [1.54, 1.807) is 7.11 Å². The summed E-state index contributed by atoms with van der Waals surface area (Å²) in [4.78, 5) is 3.78. The average Bonchev–Trinajstić information content (AvgIpc) is 1.69. The minimum atomic E-state index is 0.733. The fourth-order valence-corrected chi connectivity index (χ4v) is 0.300. The molecule has 0 fully saturated rings. The third-order valence-electron chi connectivity index (χ3n) is 0.409. The summed E-state index contributed by atoms with van der Waals surface area (Å²) in [7, 11) is 1.57. The van der Waals surface area contributed by atoms with Crippen molar-refractivity contribution in [3.8, 4) is 0 Å². The molecule has 0 N–H and O–H groups in total. The Morgan fingerprint density at radius 2 is 2.57 bits per heavy atom. The predicted molar refractivity (Wildman–Crippen MR) is 34.2 cm³/mol. The molecule has 0 aliphatic rings. The van der Waals surface area contributed by atoms with Gasteiger partial charge in [-0.3, -0.25) is 4.99 Å². The lowest BCUT2D eigenvalue weighted by Crippen LogP contribution is -1.82. The van der Waals surface area contributed by atoms with Crippen LogP contribution in [-0.2, 0) is 4.74 Å². The monoisotopic (exact) mass is 119 g/mol. The van der Waals surface area contributed by atoms with Gasteiger partial charge in [-0.2, -0.15) is 12.6 Å². The van der Waals surface area contributed by atoms with E-state index >= 15 is 0 Å². The molecule has 0 aliphatic carbocycles. The minimum absolute atomic E-state index is 0.733. The molecular formula is C4H9NOS. The summed E-state index contributed by atoms with van der Waals surface area (Å²) in [5.41, 5.74) is 0. The van der Waals surface area contributed by atoms with Crippen LogP contribution in [0.3, 0.4) is 0 Å². The third kappa shape index (κ3) is 5.82. The van der Waals surface area contributed by atoms with Gasteiger partial charge in [0.15, 0.2) is 6.40 Å². The van der Waals surface area contributed by atoms with Gasteiger partial charge in [-0.1, -0.05) is 0 Å². The van der Waals surface area contributed by atoms with E-state index in [1.807, 2.05) is 0 Å². The van der Waals surface area contributed by atoms with Crippen LogP contribution in [0, 0.1) is 0 Å². The van der Waals surface area contributed by atoms with Gasteiger partial charge in [-0.15, -0.1) is 0 Å². The molecule has 0 radical (unpaired) electrons. The number of methoxy groups -OCH3 is 1. The van der Waals surface area contributed by atoms with E-state index in [4.69, 9.17) is 0 Å². The van der Waals surface area contributed by atoms with Gasteiger partial charge in [0.25, 0.3) is 0 Å². The Morgan fingerprint density at radius 1 is 1.86 bits per heavy atom. The van der Waals surface area contributed by atoms with Crippen LogP contribution < -0.4 is 0 Å². The maximum absolute atomic E-state index is 4.52. The summed E-state index contributed by atoms with van der Waals surface area (Å²) < 4.78 is 4.52. The number of hydrogen-bond donors (Lipinski definition) is 1. The molecular weight excluding hydrogens is 110 g/mol. The fourth-order valence-electron chi connectivity index (χ4n) is 0.185. The second-order valence-electron chi connectivity index (χ2n) is 0.971. The number of ether oxygens (including phenoxy) is 1. The van der Waals surface area contributed by atoms with Crippen molar-refractivity contribution >= 4 is 19.0 Å². The largest absolute Gasteiger partial charge is 0.487 e. The van der Waals surface area contributed by atoms with Crippen LogP contribution in [0.4, 0.5) is 0 Å². The number of thiol groups is 1. The minimum Gasteiger partial charge on any atom is -0.487 e. The topological polar surface area (TPSA) is 21.6 Å². The van der Waals surface area contributed by atoms with E-state index in [-0.39, 0.29) is 0 Å². The predicted octanol–water partition coefficient (Wildman–Crippen LogP) is 0.591. The van der Waals surface area contributed by atoms with Gasteiger partial charge in [-0.25, -0.2) is 0 Å². The molecule has 0 rings (SSSR count). The average molecular weight is 119 g/mol. The summed E-state index contributed by atoms with van der Waals surface area (Å²) in [5, 5.41) is 0. The molecule has 0 spiro atoms. The van der Waals surface area contributed by atoms with E-state index in [0.717, 1.165) is 12.3 Å². The Balaban J connectivity index is 2.78. The Morgan fingerprint density at radius 3 is 3.00 bits per heavy atom. The van der Waals surface area contributed by atoms with Gasteiger partial charge in [0.05, 0.1) is 13.7 Å². The number of nitrogens with zero attached hydrogens (tertiary/aromatic N) is 1. The van der Waals surface area contributed by atoms with Gasteiger partial charge >= 0.3 is 0 Å². The molecule has 0 amide bonds. The highest BCUT2D eigenvalue weighted by Crippen LogP contribution is 1.72. The van der Waals surface area contributed by atoms with Gasteiger partial charge < -0.3 is 4.74 Å². The number of rotatable bonds is 3. The Labute approximate surface area is 49.0 Å². The molecule has 3 heteroatoms. The lowest BCUT2D eigenvalue weighted by molar-refractivity contribution is 0.421. The molecule has 7 heavy (non-hydrogen) atoms. The van der Waals surface area contributed by atoms with Crippen molar-refractivity contribution < 1.29 is 4.74 Å². The van der Waals surface area contributed by atoms with E-state index in [0.29, 0.717) is 0 Å². The molecule has 42 valence electrons. The molecule has 0 aromatic rings. The summed E-state index contributed by atoms with van der Waals surface area (Å²) in [6, 6.07) is 0. The van der Waals surface area contributed by atoms with Gasteiger partial charge in [0.1, 0.15) is 0 Å². The first-order valence-electron chi connectivity index (χ1n) is 2.03. The van der Waals surface area contributed by atoms with Crippen LogP contribution in [0.5, 0.6) is 0 Å². The Hall–Kier alpha value is -0.180. The van der Waals surface area contributed by atoms with Crippen molar-refractivity contribution in [1.82, 2.24) is 0 Å². The van der Waals surface area contributed by atoms with Crippen molar-refractivity contribution in [2.24, 2.45) is 4.99 Å². The van der Waals surface area contributed by atoms with Crippen LogP contribution in [-0.4, -0.2) is 25.8 Å². The highest BCUT2D eigenvalue weighted by atomic mass is 32.1. The fraction of sp³-hybridized carbons (Fsp3) is 0.750. The number of hydrogen-bond acceptors (Lipinski definition) is 3. The van der Waals surface area contributed by atoms with Crippen LogP contribution in [0.15, 0.2) is 4.99 Å². The van der Waals surface area contributed by atoms with Gasteiger partial charge in [-0.05, 0) is 0 Å². The summed E-state index contributed by atoms with van der Waals surface area (Å²) in [6.07, 6.45) is 1.41. The smallest absolute Gasteiger partial charge is 0.168 e. The van der Waals surface area contributed by atoms with Crippen LogP contribution in [0.1, 0.15) is 0 Å². The van der Waals surface area contributed by atoms with Gasteiger partial charge in [0, 0.05) is 5.75 Å². The molecule has 0 bridgehead atoms. The molecule has 0 aromatic heterocycles. The molecule has 2 nitrogen and oxygen atoms in total. The molecule has 0 saturated carbocycles. The highest BCUT2D eigenvalue weighted by molar-refractivity contribution is 7.80. The van der Waals surface area contributed by atoms with Crippen LogP contribution in [0.25, 0.3) is 0 Å². The second kappa shape index (κ2) is 5.82. The van der Waals surface area contributed by atoms with Gasteiger partial charge in [0.2, 0.25) is 0 Å². The van der Waals surface area contributed by atoms with Crippen LogP contribution >= 0.6 is 12.6 Å². The zero-order valence-electron chi connectivity index (χ0n) is 4.29. The first-order chi connectivity index (χ1) is 3.41. The normalized spacial score (nSPS) is 10.0. The molecule has 0 heterocycles. The van der Waals surface area contributed by atoms with Crippen molar-refractivity contribution in [3.05, 3.63) is 0 Å². The van der Waals surface area contributed by atoms with E-state index in [2.05, 4.69) is 22.4 Å². The number of aliphatic imine (C=N–C) groups is 1. The zero-order valence-corrected chi connectivity index (χ0v) is 5.19. The molecule has 0 aromatic carbocycles. The van der Waals surface area contributed by atoms with Crippen molar-refractivity contribution in [2.45, 2.75) is 0 Å². The maximum Gasteiger partial charge on any atom is 0.168 e. The lowest BCUT2D eigenvalue weighted by atomic mass is 10.8. The molecule has 0 atom stereocenters. The SMILES string of the molecule is COC=NCCS. The van der Waals surface area contributed by atoms with Crippen molar-refractivity contribution in [1.29, 1.82) is 0 Å². The summed E-state index contributed by atoms with van der Waals surface area (Å²) in [6.45, 7) is 0.733. The standard InChI is InChI=1S/C4H9NOS/c1-6-4-5-2-3-7/h4,7H,2-3H2,1H3. The first kappa shape index (κ1) is 6.82.